The van der Waals surface area contributed by atoms with Gasteiger partial charge in [0.05, 0.1) is 24.0 Å². The van der Waals surface area contributed by atoms with Crippen molar-refractivity contribution in [3.05, 3.63) is 12.2 Å². The standard InChI is InChI=1S/C14H19NO3/c1-3-14(2,18)7-15-12(16)10-8-4-5-9(6-8)11(10)13(15)17/h4-5,8-11,18H,3,6-7H2,1-2H3. The molecule has 1 aliphatic heterocycles. The number of fused-ring (bicyclic) bond motifs is 5. The van der Waals surface area contributed by atoms with Crippen molar-refractivity contribution in [2.75, 3.05) is 6.54 Å². The Morgan fingerprint density at radius 2 is 1.78 bits per heavy atom. The van der Waals surface area contributed by atoms with Crippen molar-refractivity contribution in [2.45, 2.75) is 32.3 Å². The smallest absolute Gasteiger partial charge is 0.233 e. The maximum Gasteiger partial charge on any atom is 0.233 e. The summed E-state index contributed by atoms with van der Waals surface area (Å²) in [6.07, 6.45) is 5.65. The largest absolute Gasteiger partial charge is 0.388 e. The third-order valence-corrected chi connectivity index (χ3v) is 4.82. The first kappa shape index (κ1) is 11.9. The van der Waals surface area contributed by atoms with E-state index in [0.717, 1.165) is 6.42 Å². The maximum atomic E-state index is 12.3. The van der Waals surface area contributed by atoms with E-state index in [9.17, 15) is 14.7 Å². The van der Waals surface area contributed by atoms with E-state index in [1.54, 1.807) is 6.92 Å². The average Bonchev–Trinajstić information content (AvgIpc) is 2.99. The van der Waals surface area contributed by atoms with E-state index in [4.69, 9.17) is 0 Å². The van der Waals surface area contributed by atoms with Crippen LogP contribution in [-0.2, 0) is 9.59 Å². The third-order valence-electron chi connectivity index (χ3n) is 4.82. The second-order valence-electron chi connectivity index (χ2n) is 6.11. The molecule has 3 rings (SSSR count). The van der Waals surface area contributed by atoms with E-state index >= 15 is 0 Å². The number of allylic oxidation sites excluding steroid dienone is 2. The second kappa shape index (κ2) is 3.67. The summed E-state index contributed by atoms with van der Waals surface area (Å²) in [4.78, 5) is 26.0. The summed E-state index contributed by atoms with van der Waals surface area (Å²) in [5, 5.41) is 10.1. The fraction of sp³-hybridized carbons (Fsp3) is 0.714. The van der Waals surface area contributed by atoms with Crippen LogP contribution in [0.4, 0.5) is 0 Å². The molecule has 0 spiro atoms. The summed E-state index contributed by atoms with van der Waals surface area (Å²) in [6, 6.07) is 0. The molecule has 2 aliphatic carbocycles. The summed E-state index contributed by atoms with van der Waals surface area (Å²) >= 11 is 0. The number of hydrogen-bond acceptors (Lipinski definition) is 3. The van der Waals surface area contributed by atoms with Crippen LogP contribution in [0.2, 0.25) is 0 Å². The van der Waals surface area contributed by atoms with Gasteiger partial charge in [-0.1, -0.05) is 19.1 Å². The normalized spacial score (nSPS) is 40.5. The fourth-order valence-electron chi connectivity index (χ4n) is 3.57. The van der Waals surface area contributed by atoms with E-state index in [2.05, 4.69) is 12.2 Å². The highest BCUT2D eigenvalue weighted by molar-refractivity contribution is 6.06. The summed E-state index contributed by atoms with van der Waals surface area (Å²) < 4.78 is 0. The average molecular weight is 249 g/mol. The number of carbonyl (C=O) groups excluding carboxylic acids is 2. The first-order valence-electron chi connectivity index (χ1n) is 6.70. The summed E-state index contributed by atoms with van der Waals surface area (Å²) in [5.41, 5.74) is -0.976. The van der Waals surface area contributed by atoms with Crippen molar-refractivity contribution in [3.63, 3.8) is 0 Å². The van der Waals surface area contributed by atoms with Gasteiger partial charge in [0.2, 0.25) is 11.8 Å². The van der Waals surface area contributed by atoms with Gasteiger partial charge in [0.1, 0.15) is 0 Å². The molecule has 2 fully saturated rings. The van der Waals surface area contributed by atoms with Gasteiger partial charge in [-0.3, -0.25) is 14.5 Å². The molecule has 0 aromatic heterocycles. The minimum absolute atomic E-state index is 0.0735. The molecule has 0 radical (unpaired) electrons. The number of β-amino-alcohol motifs (C(OH)–C–C–N with tert-alkyl or cyclic N) is 1. The Morgan fingerprint density at radius 1 is 1.28 bits per heavy atom. The molecule has 1 N–H and O–H groups in total. The van der Waals surface area contributed by atoms with Crippen LogP contribution in [0, 0.1) is 23.7 Å². The number of imide groups is 1. The van der Waals surface area contributed by atoms with Crippen LogP contribution in [0.15, 0.2) is 12.2 Å². The molecule has 5 unspecified atom stereocenters. The highest BCUT2D eigenvalue weighted by Gasteiger charge is 2.59. The van der Waals surface area contributed by atoms with Gasteiger partial charge in [0.25, 0.3) is 0 Å². The lowest BCUT2D eigenvalue weighted by Gasteiger charge is -2.27. The van der Waals surface area contributed by atoms with Crippen LogP contribution in [0.5, 0.6) is 0 Å². The molecule has 4 nitrogen and oxygen atoms in total. The minimum atomic E-state index is -0.976. The molecule has 1 saturated heterocycles. The monoisotopic (exact) mass is 249 g/mol. The number of likely N-dealkylation sites (tertiary alicyclic amines) is 1. The van der Waals surface area contributed by atoms with Crippen LogP contribution in [0.1, 0.15) is 26.7 Å². The minimum Gasteiger partial charge on any atom is -0.388 e. The van der Waals surface area contributed by atoms with Crippen LogP contribution < -0.4 is 0 Å². The summed E-state index contributed by atoms with van der Waals surface area (Å²) in [7, 11) is 0. The molecule has 0 aromatic rings. The fourth-order valence-corrected chi connectivity index (χ4v) is 3.57. The molecule has 1 heterocycles. The van der Waals surface area contributed by atoms with Gasteiger partial charge in [0, 0.05) is 0 Å². The van der Waals surface area contributed by atoms with Gasteiger partial charge in [0.15, 0.2) is 0 Å². The lowest BCUT2D eigenvalue weighted by atomic mass is 9.85. The number of hydrogen-bond donors (Lipinski definition) is 1. The van der Waals surface area contributed by atoms with Crippen LogP contribution in [0.25, 0.3) is 0 Å². The van der Waals surface area contributed by atoms with Crippen molar-refractivity contribution < 1.29 is 14.7 Å². The zero-order valence-electron chi connectivity index (χ0n) is 10.8. The SMILES string of the molecule is CCC(C)(O)CN1C(=O)C2C3C=CC(C3)C2C1=O. The molecule has 5 atom stereocenters. The van der Waals surface area contributed by atoms with Crippen molar-refractivity contribution in [2.24, 2.45) is 23.7 Å². The Kier molecular flexibility index (Phi) is 2.43. The first-order valence-corrected chi connectivity index (χ1v) is 6.70. The van der Waals surface area contributed by atoms with Gasteiger partial charge in [-0.05, 0) is 31.6 Å². The molecule has 3 aliphatic rings. The van der Waals surface area contributed by atoms with Crippen LogP contribution in [-0.4, -0.2) is 34.0 Å². The predicted octanol–water partition coefficient (Wildman–Crippen LogP) is 0.955. The van der Waals surface area contributed by atoms with Gasteiger partial charge in [-0.25, -0.2) is 0 Å². The quantitative estimate of drug-likeness (QED) is 0.598. The second-order valence-corrected chi connectivity index (χ2v) is 6.11. The van der Waals surface area contributed by atoms with E-state index in [0.29, 0.717) is 6.42 Å². The molecule has 2 bridgehead atoms. The lowest BCUT2D eigenvalue weighted by Crippen LogP contribution is -2.44. The first-order chi connectivity index (χ1) is 8.44. The number of rotatable bonds is 3. The number of amides is 2. The topological polar surface area (TPSA) is 57.6 Å². The molecule has 0 aromatic carbocycles. The maximum absolute atomic E-state index is 12.3. The molecule has 2 amide bonds. The van der Waals surface area contributed by atoms with E-state index in [1.807, 2.05) is 6.92 Å². The van der Waals surface area contributed by atoms with Gasteiger partial charge in [-0.2, -0.15) is 0 Å². The van der Waals surface area contributed by atoms with E-state index in [1.165, 1.54) is 4.90 Å². The Hall–Kier alpha value is -1.16. The zero-order valence-corrected chi connectivity index (χ0v) is 10.8. The Balaban J connectivity index is 1.84. The van der Waals surface area contributed by atoms with Crippen molar-refractivity contribution in [3.8, 4) is 0 Å². The van der Waals surface area contributed by atoms with E-state index < -0.39 is 5.60 Å². The van der Waals surface area contributed by atoms with Crippen LogP contribution in [0.3, 0.4) is 0 Å². The summed E-state index contributed by atoms with van der Waals surface area (Å²) in [5.74, 6) is 0.0347. The summed E-state index contributed by atoms with van der Waals surface area (Å²) in [6.45, 7) is 3.67. The lowest BCUT2D eigenvalue weighted by molar-refractivity contribution is -0.144. The molecular weight excluding hydrogens is 230 g/mol. The number of nitrogens with zero attached hydrogens (tertiary/aromatic N) is 1. The predicted molar refractivity (Wildman–Crippen MR) is 65.4 cm³/mol. The molecule has 18 heavy (non-hydrogen) atoms. The van der Waals surface area contributed by atoms with E-state index in [-0.39, 0.29) is 42.0 Å². The Labute approximate surface area is 107 Å². The van der Waals surface area contributed by atoms with Gasteiger partial charge >= 0.3 is 0 Å². The van der Waals surface area contributed by atoms with Gasteiger partial charge < -0.3 is 5.11 Å². The molecular formula is C14H19NO3. The zero-order chi connectivity index (χ0) is 13.1. The van der Waals surface area contributed by atoms with Crippen LogP contribution >= 0.6 is 0 Å². The van der Waals surface area contributed by atoms with Crippen molar-refractivity contribution in [1.29, 1.82) is 0 Å². The highest BCUT2D eigenvalue weighted by Crippen LogP contribution is 2.52. The molecule has 4 heteroatoms. The Bertz CT molecular complexity index is 410. The molecule has 98 valence electrons. The van der Waals surface area contributed by atoms with Gasteiger partial charge in [-0.15, -0.1) is 0 Å². The number of carbonyl (C=O) groups is 2. The molecule has 1 saturated carbocycles. The van der Waals surface area contributed by atoms with Crippen molar-refractivity contribution in [1.82, 2.24) is 4.90 Å². The highest BCUT2D eigenvalue weighted by atomic mass is 16.3. The van der Waals surface area contributed by atoms with Crippen molar-refractivity contribution >= 4 is 11.8 Å². The third kappa shape index (κ3) is 1.48. The number of aliphatic hydroxyl groups is 1. The Morgan fingerprint density at radius 3 is 2.22 bits per heavy atom.